The van der Waals surface area contributed by atoms with E-state index in [1.54, 1.807) is 12.1 Å². The first kappa shape index (κ1) is 28.8. The van der Waals surface area contributed by atoms with Gasteiger partial charge in [-0.15, -0.1) is 0 Å². The second-order valence-corrected chi connectivity index (χ2v) is 10.2. The average Bonchev–Trinajstić information content (AvgIpc) is 2.93. The van der Waals surface area contributed by atoms with Crippen LogP contribution in [0, 0.1) is 11.8 Å². The van der Waals surface area contributed by atoms with E-state index < -0.39 is 12.9 Å². The Morgan fingerprint density at radius 2 is 1.82 bits per heavy atom. The van der Waals surface area contributed by atoms with Crippen molar-refractivity contribution < 1.29 is 34.3 Å². The number of aromatic hydroxyl groups is 1. The van der Waals surface area contributed by atoms with Gasteiger partial charge in [0.2, 0.25) is 0 Å². The Bertz CT molecular complexity index is 1190. The minimum absolute atomic E-state index is 0.0244. The molecule has 4 rings (SSSR count). The van der Waals surface area contributed by atoms with Crippen LogP contribution in [0.1, 0.15) is 73.6 Å². The standard InChI is InChI=1S/C31H39NO7/c1-37-31-27-9-5-6-23-16-21(10-13-25(34)18-26(35)14-11-22(27)12-15-28(31)36)17-29(39-20-33)30(23)38-19-32-24-7-3-2-4-8-24/h12,15-17,24-25,32-34,36H,2-4,6-8,10-11,13-14,18-20H2,1H3. The minimum Gasteiger partial charge on any atom is -0.504 e. The Morgan fingerprint density at radius 1 is 1.00 bits per heavy atom. The Morgan fingerprint density at radius 3 is 2.59 bits per heavy atom. The summed E-state index contributed by atoms with van der Waals surface area (Å²) in [6.45, 7) is -0.209. The van der Waals surface area contributed by atoms with Crippen LogP contribution >= 0.6 is 0 Å². The molecule has 2 bridgehead atoms. The van der Waals surface area contributed by atoms with E-state index in [1.165, 1.54) is 26.4 Å². The number of Topliss-reactive ketones (excluding diaryl/α,β-unsaturated/α-hetero) is 1. The van der Waals surface area contributed by atoms with Gasteiger partial charge in [0.1, 0.15) is 12.5 Å². The highest BCUT2D eigenvalue weighted by molar-refractivity contribution is 5.79. The summed E-state index contributed by atoms with van der Waals surface area (Å²) in [5.74, 6) is 7.47. The number of phenols is 1. The van der Waals surface area contributed by atoms with Crippen molar-refractivity contribution in [1.82, 2.24) is 5.32 Å². The number of aliphatic hydroxyl groups is 2. The van der Waals surface area contributed by atoms with Gasteiger partial charge >= 0.3 is 0 Å². The van der Waals surface area contributed by atoms with Crippen molar-refractivity contribution in [2.45, 2.75) is 82.8 Å². The third-order valence-electron chi connectivity index (χ3n) is 7.43. The molecule has 2 aliphatic rings. The van der Waals surface area contributed by atoms with Gasteiger partial charge in [-0.05, 0) is 55.4 Å². The lowest BCUT2D eigenvalue weighted by Crippen LogP contribution is -2.34. The number of hydrogen-bond acceptors (Lipinski definition) is 8. The van der Waals surface area contributed by atoms with Crippen LogP contribution in [-0.4, -0.2) is 53.9 Å². The summed E-state index contributed by atoms with van der Waals surface area (Å²) in [6.07, 6.45) is 7.18. The van der Waals surface area contributed by atoms with Crippen molar-refractivity contribution in [3.63, 3.8) is 0 Å². The van der Waals surface area contributed by atoms with Gasteiger partial charge in [-0.3, -0.25) is 10.1 Å². The van der Waals surface area contributed by atoms with Gasteiger partial charge in [0.15, 0.2) is 29.8 Å². The summed E-state index contributed by atoms with van der Waals surface area (Å²) in [6, 6.07) is 7.50. The molecule has 1 atom stereocenters. The first-order valence-corrected chi connectivity index (χ1v) is 13.8. The molecular weight excluding hydrogens is 498 g/mol. The number of rotatable bonds is 7. The monoisotopic (exact) mass is 537 g/mol. The van der Waals surface area contributed by atoms with E-state index in [1.807, 2.05) is 12.1 Å². The number of carbonyl (C=O) groups is 1. The van der Waals surface area contributed by atoms with E-state index >= 15 is 0 Å². The molecule has 4 N–H and O–H groups in total. The molecule has 2 aliphatic carbocycles. The second kappa shape index (κ2) is 14.2. The number of hydrogen-bond donors (Lipinski definition) is 4. The van der Waals surface area contributed by atoms with Gasteiger partial charge < -0.3 is 29.5 Å². The number of methoxy groups -OCH3 is 1. The van der Waals surface area contributed by atoms with Crippen molar-refractivity contribution in [3.05, 3.63) is 46.5 Å². The highest BCUT2D eigenvalue weighted by Crippen LogP contribution is 2.35. The highest BCUT2D eigenvalue weighted by atomic mass is 16.6. The van der Waals surface area contributed by atoms with Crippen LogP contribution in [0.5, 0.6) is 23.0 Å². The normalized spacial score (nSPS) is 18.6. The topological polar surface area (TPSA) is 117 Å². The number of fused-ring (bicyclic) bond motifs is 3. The predicted molar refractivity (Wildman–Crippen MR) is 147 cm³/mol. The van der Waals surface area contributed by atoms with Crippen molar-refractivity contribution >= 4 is 5.78 Å². The van der Waals surface area contributed by atoms with Crippen molar-refractivity contribution in [1.29, 1.82) is 0 Å². The zero-order valence-corrected chi connectivity index (χ0v) is 22.6. The van der Waals surface area contributed by atoms with E-state index in [0.717, 1.165) is 29.5 Å². The van der Waals surface area contributed by atoms with E-state index in [2.05, 4.69) is 17.2 Å². The number of benzene rings is 2. The summed E-state index contributed by atoms with van der Waals surface area (Å²) < 4.78 is 17.2. The fraction of sp³-hybridized carbons (Fsp3) is 0.516. The second-order valence-electron chi connectivity index (χ2n) is 10.2. The van der Waals surface area contributed by atoms with E-state index in [-0.39, 0.29) is 30.1 Å². The molecule has 0 aromatic heterocycles. The zero-order chi connectivity index (χ0) is 27.6. The maximum Gasteiger partial charge on any atom is 0.186 e. The van der Waals surface area contributed by atoms with Crippen LogP contribution in [0.4, 0.5) is 0 Å². The average molecular weight is 538 g/mol. The summed E-state index contributed by atoms with van der Waals surface area (Å²) in [5.41, 5.74) is 3.00. The fourth-order valence-electron chi connectivity index (χ4n) is 5.34. The number of ether oxygens (including phenoxy) is 3. The summed E-state index contributed by atoms with van der Waals surface area (Å²) >= 11 is 0. The zero-order valence-electron chi connectivity index (χ0n) is 22.6. The van der Waals surface area contributed by atoms with Gasteiger partial charge in [0.25, 0.3) is 0 Å². The highest BCUT2D eigenvalue weighted by Gasteiger charge is 2.19. The number of ketones is 1. The van der Waals surface area contributed by atoms with E-state index in [4.69, 9.17) is 14.2 Å². The van der Waals surface area contributed by atoms with Crippen LogP contribution in [0.25, 0.3) is 0 Å². The van der Waals surface area contributed by atoms with Crippen molar-refractivity contribution in [2.75, 3.05) is 20.6 Å². The lowest BCUT2D eigenvalue weighted by Gasteiger charge is -2.24. The molecule has 39 heavy (non-hydrogen) atoms. The molecular formula is C31H39NO7. The summed E-state index contributed by atoms with van der Waals surface area (Å²) in [7, 11) is 1.47. The summed E-state index contributed by atoms with van der Waals surface area (Å²) in [5, 5.41) is 34.0. The lowest BCUT2D eigenvalue weighted by atomic mass is 9.96. The van der Waals surface area contributed by atoms with Crippen LogP contribution in [0.15, 0.2) is 24.3 Å². The SMILES string of the molecule is COc1c(O)ccc2c1C#CCc1cc(cc(OCO)c1OCNC1CCCCC1)CCC(O)CC(=O)CC2. The van der Waals surface area contributed by atoms with Crippen molar-refractivity contribution in [2.24, 2.45) is 0 Å². The fourth-order valence-corrected chi connectivity index (χ4v) is 5.34. The number of nitrogens with one attached hydrogen (secondary N) is 1. The molecule has 0 aliphatic heterocycles. The minimum atomic E-state index is -0.769. The lowest BCUT2D eigenvalue weighted by molar-refractivity contribution is -0.121. The smallest absolute Gasteiger partial charge is 0.186 e. The van der Waals surface area contributed by atoms with Gasteiger partial charge in [-0.2, -0.15) is 0 Å². The number of aliphatic hydroxyl groups excluding tert-OH is 2. The molecule has 2 aromatic rings. The molecule has 0 saturated heterocycles. The number of phenolic OH excluding ortho intramolecular Hbond substituents is 1. The predicted octanol–water partition coefficient (Wildman–Crippen LogP) is 3.78. The number of aryl methyl sites for hydroxylation is 2. The van der Waals surface area contributed by atoms with Crippen molar-refractivity contribution in [3.8, 4) is 34.8 Å². The Kier molecular flexibility index (Phi) is 10.5. The quantitative estimate of drug-likeness (QED) is 0.311. The maximum absolute atomic E-state index is 12.6. The molecule has 0 amide bonds. The molecule has 8 nitrogen and oxygen atoms in total. The van der Waals surface area contributed by atoms with Gasteiger partial charge in [0, 0.05) is 30.9 Å². The van der Waals surface area contributed by atoms with Crippen LogP contribution in [0.2, 0.25) is 0 Å². The van der Waals surface area contributed by atoms with Gasteiger partial charge in [-0.25, -0.2) is 0 Å². The molecule has 1 unspecified atom stereocenters. The third kappa shape index (κ3) is 7.89. The molecule has 1 fully saturated rings. The third-order valence-corrected chi connectivity index (χ3v) is 7.43. The van der Waals surface area contributed by atoms with Crippen LogP contribution in [0.3, 0.4) is 0 Å². The Hall–Kier alpha value is -3.25. The first-order chi connectivity index (χ1) is 19.0. The molecule has 0 heterocycles. The van der Waals surface area contributed by atoms with Crippen LogP contribution in [-0.2, 0) is 24.1 Å². The molecule has 8 heteroatoms. The molecule has 2 aromatic carbocycles. The van der Waals surface area contributed by atoms with E-state index in [0.29, 0.717) is 55.5 Å². The molecule has 0 spiro atoms. The first-order valence-electron chi connectivity index (χ1n) is 13.8. The molecule has 210 valence electrons. The largest absolute Gasteiger partial charge is 0.504 e. The Balaban J connectivity index is 1.69. The molecule has 0 radical (unpaired) electrons. The number of carbonyl (C=O) groups excluding carboxylic acids is 1. The van der Waals surface area contributed by atoms with Gasteiger partial charge in [-0.1, -0.05) is 43.2 Å². The molecule has 1 saturated carbocycles. The Labute approximate surface area is 230 Å². The summed E-state index contributed by atoms with van der Waals surface area (Å²) in [4.78, 5) is 12.6. The van der Waals surface area contributed by atoms with Gasteiger partial charge in [0.05, 0.1) is 18.8 Å². The van der Waals surface area contributed by atoms with E-state index in [9.17, 15) is 20.1 Å². The maximum atomic E-state index is 12.6. The van der Waals surface area contributed by atoms with Crippen LogP contribution < -0.4 is 19.5 Å².